The summed E-state index contributed by atoms with van der Waals surface area (Å²) >= 11 is 0. The average molecular weight is 295 g/mol. The Morgan fingerprint density at radius 2 is 1.81 bits per heavy atom. The first-order valence-electron chi connectivity index (χ1n) is 6.86. The Bertz CT molecular complexity index is 474. The SMILES string of the molecule is CC(C)NC(=O)CNC(=O)CN(C)Cc1ccc(F)cc1. The summed E-state index contributed by atoms with van der Waals surface area (Å²) in [5.74, 6) is -0.714. The predicted octanol–water partition coefficient (Wildman–Crippen LogP) is 0.898. The molecular weight excluding hydrogens is 273 g/mol. The van der Waals surface area contributed by atoms with E-state index in [0.717, 1.165) is 5.56 Å². The highest BCUT2D eigenvalue weighted by Crippen LogP contribution is 2.05. The van der Waals surface area contributed by atoms with Crippen molar-refractivity contribution in [2.75, 3.05) is 20.1 Å². The Balaban J connectivity index is 2.30. The minimum atomic E-state index is -0.282. The van der Waals surface area contributed by atoms with Crippen LogP contribution in [0.4, 0.5) is 4.39 Å². The number of carbonyl (C=O) groups is 2. The van der Waals surface area contributed by atoms with Crippen LogP contribution in [-0.4, -0.2) is 42.9 Å². The summed E-state index contributed by atoms with van der Waals surface area (Å²) < 4.78 is 12.8. The standard InChI is InChI=1S/C15H22FN3O2/c1-11(2)18-14(20)8-17-15(21)10-19(3)9-12-4-6-13(16)7-5-12/h4-7,11H,8-10H2,1-3H3,(H,17,21)(H,18,20). The molecule has 21 heavy (non-hydrogen) atoms. The van der Waals surface area contributed by atoms with Crippen molar-refractivity contribution in [1.29, 1.82) is 0 Å². The van der Waals surface area contributed by atoms with Gasteiger partial charge in [-0.05, 0) is 38.6 Å². The average Bonchev–Trinajstić information content (AvgIpc) is 2.38. The first-order chi connectivity index (χ1) is 9.86. The number of benzene rings is 1. The second-order valence-corrected chi connectivity index (χ2v) is 5.30. The van der Waals surface area contributed by atoms with Gasteiger partial charge in [-0.3, -0.25) is 14.5 Å². The topological polar surface area (TPSA) is 61.4 Å². The molecular formula is C15H22FN3O2. The highest BCUT2D eigenvalue weighted by Gasteiger charge is 2.09. The lowest BCUT2D eigenvalue weighted by molar-refractivity contribution is -0.126. The second kappa shape index (κ2) is 8.36. The summed E-state index contributed by atoms with van der Waals surface area (Å²) in [5, 5.41) is 5.25. The number of nitrogens with zero attached hydrogens (tertiary/aromatic N) is 1. The number of rotatable bonds is 7. The van der Waals surface area contributed by atoms with E-state index in [1.165, 1.54) is 12.1 Å². The van der Waals surface area contributed by atoms with Crippen molar-refractivity contribution >= 4 is 11.8 Å². The van der Waals surface area contributed by atoms with Gasteiger partial charge in [0.05, 0.1) is 13.1 Å². The van der Waals surface area contributed by atoms with Crippen LogP contribution in [0.25, 0.3) is 0 Å². The van der Waals surface area contributed by atoms with Crippen molar-refractivity contribution in [2.24, 2.45) is 0 Å². The van der Waals surface area contributed by atoms with E-state index in [2.05, 4.69) is 10.6 Å². The molecule has 0 aliphatic carbocycles. The van der Waals surface area contributed by atoms with E-state index < -0.39 is 0 Å². The molecule has 0 heterocycles. The van der Waals surface area contributed by atoms with Gasteiger partial charge in [0.1, 0.15) is 5.82 Å². The molecule has 0 aromatic heterocycles. The summed E-state index contributed by atoms with van der Waals surface area (Å²) in [7, 11) is 1.79. The number of likely N-dealkylation sites (N-methyl/N-ethyl adjacent to an activating group) is 1. The minimum Gasteiger partial charge on any atom is -0.352 e. The molecule has 0 saturated carbocycles. The van der Waals surface area contributed by atoms with E-state index in [1.54, 1.807) is 24.1 Å². The van der Waals surface area contributed by atoms with Crippen molar-refractivity contribution in [3.8, 4) is 0 Å². The predicted molar refractivity (Wildman–Crippen MR) is 79.0 cm³/mol. The molecule has 0 unspecified atom stereocenters. The molecule has 0 bridgehead atoms. The van der Waals surface area contributed by atoms with Crippen LogP contribution in [0.5, 0.6) is 0 Å². The lowest BCUT2D eigenvalue weighted by Gasteiger charge is -2.16. The van der Waals surface area contributed by atoms with Crippen molar-refractivity contribution < 1.29 is 14.0 Å². The Morgan fingerprint density at radius 1 is 1.19 bits per heavy atom. The highest BCUT2D eigenvalue weighted by atomic mass is 19.1. The number of nitrogens with one attached hydrogen (secondary N) is 2. The van der Waals surface area contributed by atoms with Crippen LogP contribution in [0.3, 0.4) is 0 Å². The van der Waals surface area contributed by atoms with E-state index in [1.807, 2.05) is 13.8 Å². The minimum absolute atomic E-state index is 0.0264. The molecule has 1 rings (SSSR count). The molecule has 0 atom stereocenters. The van der Waals surface area contributed by atoms with Crippen molar-refractivity contribution in [3.05, 3.63) is 35.6 Å². The number of hydrogen-bond donors (Lipinski definition) is 2. The zero-order chi connectivity index (χ0) is 15.8. The van der Waals surface area contributed by atoms with Crippen LogP contribution in [-0.2, 0) is 16.1 Å². The highest BCUT2D eigenvalue weighted by molar-refractivity contribution is 5.85. The molecule has 116 valence electrons. The monoisotopic (exact) mass is 295 g/mol. The van der Waals surface area contributed by atoms with E-state index >= 15 is 0 Å². The maximum atomic E-state index is 12.8. The third-order valence-corrected chi connectivity index (χ3v) is 2.68. The Labute approximate surface area is 124 Å². The molecule has 0 spiro atoms. The molecule has 0 saturated heterocycles. The second-order valence-electron chi connectivity index (χ2n) is 5.30. The smallest absolute Gasteiger partial charge is 0.239 e. The summed E-state index contributed by atoms with van der Waals surface area (Å²) in [4.78, 5) is 24.9. The molecule has 2 N–H and O–H groups in total. The fourth-order valence-electron chi connectivity index (χ4n) is 1.81. The molecule has 0 aliphatic heterocycles. The normalized spacial score (nSPS) is 10.8. The number of halogens is 1. The van der Waals surface area contributed by atoms with Crippen LogP contribution in [0.2, 0.25) is 0 Å². The fourth-order valence-corrected chi connectivity index (χ4v) is 1.81. The van der Waals surface area contributed by atoms with Gasteiger partial charge in [0.15, 0.2) is 0 Å². The largest absolute Gasteiger partial charge is 0.352 e. The molecule has 6 heteroatoms. The molecule has 1 aromatic rings. The molecule has 0 radical (unpaired) electrons. The van der Waals surface area contributed by atoms with Crippen LogP contribution in [0, 0.1) is 5.82 Å². The quantitative estimate of drug-likeness (QED) is 0.785. The Kier molecular flexibility index (Phi) is 6.81. The van der Waals surface area contributed by atoms with Crippen LogP contribution in [0.15, 0.2) is 24.3 Å². The number of carbonyl (C=O) groups excluding carboxylic acids is 2. The van der Waals surface area contributed by atoms with Gasteiger partial charge in [0.2, 0.25) is 11.8 Å². The maximum Gasteiger partial charge on any atom is 0.239 e. The summed E-state index contributed by atoms with van der Waals surface area (Å²) in [6.45, 7) is 4.39. The lowest BCUT2D eigenvalue weighted by atomic mass is 10.2. The Hall–Kier alpha value is -1.95. The van der Waals surface area contributed by atoms with Gasteiger partial charge in [-0.25, -0.2) is 4.39 Å². The third kappa shape index (κ3) is 7.41. The van der Waals surface area contributed by atoms with E-state index in [0.29, 0.717) is 6.54 Å². The van der Waals surface area contributed by atoms with Gasteiger partial charge in [-0.1, -0.05) is 12.1 Å². The van der Waals surface area contributed by atoms with Crippen LogP contribution >= 0.6 is 0 Å². The van der Waals surface area contributed by atoms with E-state index in [4.69, 9.17) is 0 Å². The van der Waals surface area contributed by atoms with Gasteiger partial charge in [0.25, 0.3) is 0 Å². The first kappa shape index (κ1) is 17.1. The zero-order valence-corrected chi connectivity index (χ0v) is 12.6. The molecule has 1 aromatic carbocycles. The molecule has 2 amide bonds. The van der Waals surface area contributed by atoms with Crippen molar-refractivity contribution in [3.63, 3.8) is 0 Å². The molecule has 0 aliphatic rings. The van der Waals surface area contributed by atoms with Gasteiger partial charge < -0.3 is 10.6 Å². The fraction of sp³-hybridized carbons (Fsp3) is 0.467. The lowest BCUT2D eigenvalue weighted by Crippen LogP contribution is -2.42. The van der Waals surface area contributed by atoms with Gasteiger partial charge in [0, 0.05) is 12.6 Å². The third-order valence-electron chi connectivity index (χ3n) is 2.68. The van der Waals surface area contributed by atoms with Crippen LogP contribution in [0.1, 0.15) is 19.4 Å². The van der Waals surface area contributed by atoms with E-state index in [9.17, 15) is 14.0 Å². The molecule has 5 nitrogen and oxygen atoms in total. The number of hydrogen-bond acceptors (Lipinski definition) is 3. The van der Waals surface area contributed by atoms with Gasteiger partial charge in [-0.2, -0.15) is 0 Å². The van der Waals surface area contributed by atoms with Crippen LogP contribution < -0.4 is 10.6 Å². The first-order valence-corrected chi connectivity index (χ1v) is 6.86. The van der Waals surface area contributed by atoms with Gasteiger partial charge >= 0.3 is 0 Å². The van der Waals surface area contributed by atoms with Crippen molar-refractivity contribution in [1.82, 2.24) is 15.5 Å². The number of amides is 2. The Morgan fingerprint density at radius 3 is 2.38 bits per heavy atom. The van der Waals surface area contributed by atoms with Gasteiger partial charge in [-0.15, -0.1) is 0 Å². The summed E-state index contributed by atoms with van der Waals surface area (Å²) in [5.41, 5.74) is 0.921. The maximum absolute atomic E-state index is 12.8. The molecule has 0 fully saturated rings. The summed E-state index contributed by atoms with van der Waals surface area (Å²) in [6.07, 6.45) is 0. The van der Waals surface area contributed by atoms with E-state index in [-0.39, 0.29) is 36.8 Å². The summed E-state index contributed by atoms with van der Waals surface area (Å²) in [6, 6.07) is 6.19. The zero-order valence-electron chi connectivity index (χ0n) is 12.6. The van der Waals surface area contributed by atoms with Crippen molar-refractivity contribution in [2.45, 2.75) is 26.4 Å².